The summed E-state index contributed by atoms with van der Waals surface area (Å²) in [6, 6.07) is 4.03. The number of aromatic nitrogens is 3. The van der Waals surface area contributed by atoms with Crippen molar-refractivity contribution < 1.29 is 4.79 Å². The van der Waals surface area contributed by atoms with Crippen LogP contribution in [-0.4, -0.2) is 45.2 Å². The Morgan fingerprint density at radius 2 is 2.11 bits per heavy atom. The molecule has 0 radical (unpaired) electrons. The van der Waals surface area contributed by atoms with Crippen LogP contribution in [0.15, 0.2) is 24.5 Å². The summed E-state index contributed by atoms with van der Waals surface area (Å²) in [6.07, 6.45) is 4.36. The van der Waals surface area contributed by atoms with Crippen LogP contribution in [0.4, 0.5) is 0 Å². The SMILES string of the molecule is Cc1nn(C)c(C)c1CC(C)C(=O)N1CCNCC1c1cccnc1.Cl.Cl. The molecule has 27 heavy (non-hydrogen) atoms. The van der Waals surface area contributed by atoms with Crippen LogP contribution in [0.5, 0.6) is 0 Å². The van der Waals surface area contributed by atoms with E-state index in [1.807, 2.05) is 48.8 Å². The minimum Gasteiger partial charge on any atom is -0.333 e. The second-order valence-electron chi connectivity index (χ2n) is 6.92. The summed E-state index contributed by atoms with van der Waals surface area (Å²) in [6.45, 7) is 8.44. The highest BCUT2D eigenvalue weighted by Crippen LogP contribution is 2.25. The first-order valence-electron chi connectivity index (χ1n) is 8.89. The molecule has 0 aromatic carbocycles. The van der Waals surface area contributed by atoms with Gasteiger partial charge in [0.2, 0.25) is 5.91 Å². The Kier molecular flexibility index (Phi) is 8.72. The third kappa shape index (κ3) is 5.00. The Labute approximate surface area is 173 Å². The summed E-state index contributed by atoms with van der Waals surface area (Å²) in [7, 11) is 1.95. The first-order chi connectivity index (χ1) is 12.0. The lowest BCUT2D eigenvalue weighted by Crippen LogP contribution is -2.50. The van der Waals surface area contributed by atoms with Crippen molar-refractivity contribution >= 4 is 30.7 Å². The number of pyridine rings is 1. The number of nitrogens with zero attached hydrogens (tertiary/aromatic N) is 4. The highest BCUT2D eigenvalue weighted by Gasteiger charge is 2.31. The summed E-state index contributed by atoms with van der Waals surface area (Å²) in [5.74, 6) is 0.136. The molecule has 3 heterocycles. The number of hydrogen-bond acceptors (Lipinski definition) is 4. The maximum absolute atomic E-state index is 13.2. The standard InChI is InChI=1S/C19H27N5O.2ClH/c1-13(10-17-14(2)22-23(4)15(17)3)19(25)24-9-8-21-12-18(24)16-6-5-7-20-11-16;;/h5-7,11,13,18,21H,8-10,12H2,1-4H3;2*1H. The highest BCUT2D eigenvalue weighted by atomic mass is 35.5. The molecule has 2 aromatic heterocycles. The Bertz CT molecular complexity index is 750. The van der Waals surface area contributed by atoms with Gasteiger partial charge in [0.15, 0.2) is 0 Å². The zero-order valence-corrected chi connectivity index (χ0v) is 17.9. The van der Waals surface area contributed by atoms with Crippen LogP contribution in [0.3, 0.4) is 0 Å². The molecular weight excluding hydrogens is 385 g/mol. The average molecular weight is 414 g/mol. The summed E-state index contributed by atoms with van der Waals surface area (Å²) in [5, 5.41) is 7.86. The third-order valence-corrected chi connectivity index (χ3v) is 5.19. The molecule has 1 fully saturated rings. The zero-order chi connectivity index (χ0) is 18.0. The van der Waals surface area contributed by atoms with Gasteiger partial charge in [-0.25, -0.2) is 0 Å². The van der Waals surface area contributed by atoms with Gasteiger partial charge in [-0.3, -0.25) is 14.5 Å². The minimum absolute atomic E-state index is 0. The van der Waals surface area contributed by atoms with Crippen molar-refractivity contribution in [3.8, 4) is 0 Å². The molecule has 0 saturated carbocycles. The fraction of sp³-hybridized carbons (Fsp3) is 0.526. The Morgan fingerprint density at radius 1 is 1.37 bits per heavy atom. The van der Waals surface area contributed by atoms with E-state index in [4.69, 9.17) is 0 Å². The molecule has 1 aliphatic heterocycles. The van der Waals surface area contributed by atoms with Gasteiger partial charge in [0, 0.05) is 50.7 Å². The molecular formula is C19H29Cl2N5O. The van der Waals surface area contributed by atoms with E-state index in [0.29, 0.717) is 0 Å². The van der Waals surface area contributed by atoms with Crippen molar-refractivity contribution in [2.24, 2.45) is 13.0 Å². The van der Waals surface area contributed by atoms with Gasteiger partial charge < -0.3 is 10.2 Å². The number of carbonyl (C=O) groups is 1. The predicted molar refractivity (Wildman–Crippen MR) is 112 cm³/mol. The number of rotatable bonds is 4. The van der Waals surface area contributed by atoms with E-state index >= 15 is 0 Å². The van der Waals surface area contributed by atoms with Crippen LogP contribution in [0.1, 0.15) is 35.5 Å². The number of nitrogens with one attached hydrogen (secondary N) is 1. The maximum atomic E-state index is 13.2. The quantitative estimate of drug-likeness (QED) is 0.836. The topological polar surface area (TPSA) is 63.1 Å². The van der Waals surface area contributed by atoms with E-state index in [1.54, 1.807) is 6.20 Å². The van der Waals surface area contributed by atoms with E-state index in [-0.39, 0.29) is 42.7 Å². The Balaban J connectivity index is 0.00000182. The molecule has 0 bridgehead atoms. The molecule has 3 rings (SSSR count). The lowest BCUT2D eigenvalue weighted by atomic mass is 9.96. The number of carbonyl (C=O) groups excluding carboxylic acids is 1. The molecule has 2 aromatic rings. The Morgan fingerprint density at radius 3 is 2.70 bits per heavy atom. The van der Waals surface area contributed by atoms with Crippen molar-refractivity contribution in [3.05, 3.63) is 47.0 Å². The third-order valence-electron chi connectivity index (χ3n) is 5.19. The van der Waals surface area contributed by atoms with E-state index in [2.05, 4.69) is 22.3 Å². The first kappa shape index (κ1) is 23.4. The van der Waals surface area contributed by atoms with E-state index in [0.717, 1.165) is 43.0 Å². The van der Waals surface area contributed by atoms with Gasteiger partial charge in [-0.15, -0.1) is 24.8 Å². The van der Waals surface area contributed by atoms with Gasteiger partial charge in [-0.1, -0.05) is 13.0 Å². The number of amides is 1. The van der Waals surface area contributed by atoms with Gasteiger partial charge >= 0.3 is 0 Å². The fourth-order valence-electron chi connectivity index (χ4n) is 3.63. The largest absolute Gasteiger partial charge is 0.333 e. The van der Waals surface area contributed by atoms with Crippen molar-refractivity contribution in [2.75, 3.05) is 19.6 Å². The van der Waals surface area contributed by atoms with Crippen LogP contribution < -0.4 is 5.32 Å². The van der Waals surface area contributed by atoms with Crippen molar-refractivity contribution in [1.82, 2.24) is 25.0 Å². The van der Waals surface area contributed by atoms with Gasteiger partial charge in [0.1, 0.15) is 0 Å². The summed E-state index contributed by atoms with van der Waals surface area (Å²) >= 11 is 0. The lowest BCUT2D eigenvalue weighted by molar-refractivity contribution is -0.138. The molecule has 2 unspecified atom stereocenters. The van der Waals surface area contributed by atoms with Crippen molar-refractivity contribution in [2.45, 2.75) is 33.2 Å². The minimum atomic E-state index is -0.0705. The van der Waals surface area contributed by atoms with Crippen LogP contribution in [0.2, 0.25) is 0 Å². The van der Waals surface area contributed by atoms with Crippen molar-refractivity contribution in [3.63, 3.8) is 0 Å². The van der Waals surface area contributed by atoms with Gasteiger partial charge in [-0.05, 0) is 37.5 Å². The number of piperazine rings is 1. The van der Waals surface area contributed by atoms with Gasteiger partial charge in [0.05, 0.1) is 11.7 Å². The summed E-state index contributed by atoms with van der Waals surface area (Å²) in [4.78, 5) is 19.4. The van der Waals surface area contributed by atoms with Crippen LogP contribution in [0, 0.1) is 19.8 Å². The molecule has 1 N–H and O–H groups in total. The molecule has 8 heteroatoms. The predicted octanol–water partition coefficient (Wildman–Crippen LogP) is 2.63. The molecule has 150 valence electrons. The summed E-state index contributed by atoms with van der Waals surface area (Å²) < 4.78 is 1.89. The first-order valence-corrected chi connectivity index (χ1v) is 8.89. The fourth-order valence-corrected chi connectivity index (χ4v) is 3.63. The molecule has 6 nitrogen and oxygen atoms in total. The molecule has 1 aliphatic rings. The second kappa shape index (κ2) is 10.1. The average Bonchev–Trinajstić information content (AvgIpc) is 2.88. The Hall–Kier alpha value is -1.63. The summed E-state index contributed by atoms with van der Waals surface area (Å²) in [5.41, 5.74) is 4.44. The monoisotopic (exact) mass is 413 g/mol. The van der Waals surface area contributed by atoms with Crippen LogP contribution in [-0.2, 0) is 18.3 Å². The number of hydrogen-bond donors (Lipinski definition) is 1. The molecule has 0 spiro atoms. The van der Waals surface area contributed by atoms with Gasteiger partial charge in [0.25, 0.3) is 0 Å². The van der Waals surface area contributed by atoms with E-state index in [1.165, 1.54) is 5.56 Å². The second-order valence-corrected chi connectivity index (χ2v) is 6.92. The molecule has 1 amide bonds. The van der Waals surface area contributed by atoms with E-state index in [9.17, 15) is 4.79 Å². The molecule has 2 atom stereocenters. The van der Waals surface area contributed by atoms with E-state index < -0.39 is 0 Å². The zero-order valence-electron chi connectivity index (χ0n) is 16.3. The molecule has 0 aliphatic carbocycles. The molecule has 1 saturated heterocycles. The normalized spacial score (nSPS) is 17.6. The number of halogens is 2. The lowest BCUT2D eigenvalue weighted by Gasteiger charge is -2.38. The highest BCUT2D eigenvalue weighted by molar-refractivity contribution is 5.85. The van der Waals surface area contributed by atoms with Gasteiger partial charge in [-0.2, -0.15) is 5.10 Å². The maximum Gasteiger partial charge on any atom is 0.226 e. The van der Waals surface area contributed by atoms with Crippen LogP contribution in [0.25, 0.3) is 0 Å². The van der Waals surface area contributed by atoms with Crippen LogP contribution >= 0.6 is 24.8 Å². The van der Waals surface area contributed by atoms with Crippen molar-refractivity contribution in [1.29, 1.82) is 0 Å². The smallest absolute Gasteiger partial charge is 0.226 e. The number of aryl methyl sites for hydroxylation is 2.